The van der Waals surface area contributed by atoms with E-state index in [2.05, 4.69) is 15.9 Å². The zero-order valence-corrected chi connectivity index (χ0v) is 13.2. The van der Waals surface area contributed by atoms with Gasteiger partial charge in [0.2, 0.25) is 0 Å². The van der Waals surface area contributed by atoms with E-state index in [1.165, 1.54) is 6.07 Å². The first kappa shape index (κ1) is 15.2. The normalized spacial score (nSPS) is 10.3. The van der Waals surface area contributed by atoms with Crippen LogP contribution in [-0.4, -0.2) is 11.1 Å². The lowest BCUT2D eigenvalue weighted by molar-refractivity contribution is 0.0695. The van der Waals surface area contributed by atoms with Crippen molar-refractivity contribution < 1.29 is 14.6 Å². The number of carboxylic acids is 1. The van der Waals surface area contributed by atoms with Crippen LogP contribution in [0.5, 0.6) is 5.75 Å². The molecule has 0 atom stereocenters. The Kier molecular flexibility index (Phi) is 4.91. The third-order valence-corrected chi connectivity index (χ3v) is 3.87. The maximum Gasteiger partial charge on any atom is 0.336 e. The summed E-state index contributed by atoms with van der Waals surface area (Å²) in [7, 11) is 0. The fourth-order valence-corrected chi connectivity index (χ4v) is 2.36. The minimum atomic E-state index is -1.02. The van der Waals surface area contributed by atoms with Crippen LogP contribution >= 0.6 is 39.1 Å². The van der Waals surface area contributed by atoms with Crippen LogP contribution in [0, 0.1) is 0 Å². The minimum absolute atomic E-state index is 0.139. The SMILES string of the molecule is O=C(O)c1cc(OCc2cc(Cl)ccc2Cl)ccc1Br. The zero-order valence-electron chi connectivity index (χ0n) is 10.1. The summed E-state index contributed by atoms with van der Waals surface area (Å²) in [6.07, 6.45) is 0. The van der Waals surface area contributed by atoms with Crippen LogP contribution in [0.2, 0.25) is 10.0 Å². The molecule has 0 radical (unpaired) electrons. The van der Waals surface area contributed by atoms with Gasteiger partial charge in [0.05, 0.1) is 5.56 Å². The van der Waals surface area contributed by atoms with E-state index < -0.39 is 5.97 Å². The second-order valence-corrected chi connectivity index (χ2v) is 5.67. The Hall–Kier alpha value is -1.23. The van der Waals surface area contributed by atoms with Crippen molar-refractivity contribution >= 4 is 45.1 Å². The van der Waals surface area contributed by atoms with Crippen molar-refractivity contribution in [3.8, 4) is 5.75 Å². The van der Waals surface area contributed by atoms with Gasteiger partial charge in [-0.15, -0.1) is 0 Å². The zero-order chi connectivity index (χ0) is 14.7. The predicted octanol–water partition coefficient (Wildman–Crippen LogP) is 5.03. The van der Waals surface area contributed by atoms with Crippen LogP contribution in [0.3, 0.4) is 0 Å². The van der Waals surface area contributed by atoms with Crippen molar-refractivity contribution in [2.75, 3.05) is 0 Å². The molecule has 0 aliphatic carbocycles. The summed E-state index contributed by atoms with van der Waals surface area (Å²) in [6.45, 7) is 0.208. The highest BCUT2D eigenvalue weighted by Gasteiger charge is 2.10. The molecule has 2 aromatic carbocycles. The molecular weight excluding hydrogens is 367 g/mol. The largest absolute Gasteiger partial charge is 0.489 e. The summed E-state index contributed by atoms with van der Waals surface area (Å²) >= 11 is 15.1. The van der Waals surface area contributed by atoms with Gasteiger partial charge in [-0.1, -0.05) is 23.2 Å². The number of rotatable bonds is 4. The standard InChI is InChI=1S/C14H9BrCl2O3/c15-12-3-2-10(6-11(12)14(18)19)20-7-8-5-9(16)1-4-13(8)17/h1-6H,7H2,(H,18,19). The van der Waals surface area contributed by atoms with Gasteiger partial charge >= 0.3 is 5.97 Å². The van der Waals surface area contributed by atoms with E-state index in [1.54, 1.807) is 30.3 Å². The summed E-state index contributed by atoms with van der Waals surface area (Å²) in [5.41, 5.74) is 0.874. The minimum Gasteiger partial charge on any atom is -0.489 e. The fraction of sp³-hybridized carbons (Fsp3) is 0.0714. The number of hydrogen-bond acceptors (Lipinski definition) is 2. The summed E-state index contributed by atoms with van der Waals surface area (Å²) in [6, 6.07) is 9.83. The molecular formula is C14H9BrCl2O3. The number of hydrogen-bond donors (Lipinski definition) is 1. The summed E-state index contributed by atoms with van der Waals surface area (Å²) in [4.78, 5) is 11.0. The van der Waals surface area contributed by atoms with E-state index in [-0.39, 0.29) is 12.2 Å². The molecule has 0 saturated heterocycles. The molecule has 104 valence electrons. The smallest absolute Gasteiger partial charge is 0.336 e. The molecule has 0 aliphatic rings. The van der Waals surface area contributed by atoms with Gasteiger partial charge < -0.3 is 9.84 Å². The number of halogens is 3. The molecule has 0 aliphatic heterocycles. The van der Waals surface area contributed by atoms with Gasteiger partial charge in [0.15, 0.2) is 0 Å². The van der Waals surface area contributed by atoms with Crippen LogP contribution in [0.15, 0.2) is 40.9 Å². The van der Waals surface area contributed by atoms with Crippen LogP contribution in [0.4, 0.5) is 0 Å². The van der Waals surface area contributed by atoms with Gasteiger partial charge in [0, 0.05) is 20.1 Å². The molecule has 2 aromatic rings. The van der Waals surface area contributed by atoms with Crippen LogP contribution in [0.25, 0.3) is 0 Å². The van der Waals surface area contributed by atoms with E-state index in [9.17, 15) is 4.79 Å². The molecule has 0 bridgehead atoms. The average Bonchev–Trinajstić information content (AvgIpc) is 2.41. The Bertz CT molecular complexity index is 659. The fourth-order valence-electron chi connectivity index (χ4n) is 1.57. The van der Waals surface area contributed by atoms with Crippen LogP contribution in [0.1, 0.15) is 15.9 Å². The number of carboxylic acid groups (broad SMARTS) is 1. The Labute approximate surface area is 134 Å². The first-order chi connectivity index (χ1) is 9.47. The molecule has 0 fully saturated rings. The van der Waals surface area contributed by atoms with Crippen molar-refractivity contribution in [1.29, 1.82) is 0 Å². The Morgan fingerprint density at radius 2 is 1.95 bits per heavy atom. The highest BCUT2D eigenvalue weighted by Crippen LogP contribution is 2.25. The topological polar surface area (TPSA) is 46.5 Å². The molecule has 0 unspecified atom stereocenters. The molecule has 0 heterocycles. The maximum absolute atomic E-state index is 11.0. The molecule has 0 spiro atoms. The van der Waals surface area contributed by atoms with Gasteiger partial charge in [-0.2, -0.15) is 0 Å². The third-order valence-electron chi connectivity index (χ3n) is 2.57. The molecule has 0 saturated carbocycles. The maximum atomic E-state index is 11.0. The lowest BCUT2D eigenvalue weighted by Crippen LogP contribution is -2.01. The van der Waals surface area contributed by atoms with Gasteiger partial charge in [-0.25, -0.2) is 4.79 Å². The molecule has 3 nitrogen and oxygen atoms in total. The molecule has 6 heteroatoms. The van der Waals surface area contributed by atoms with Gasteiger partial charge in [0.25, 0.3) is 0 Å². The van der Waals surface area contributed by atoms with Gasteiger partial charge in [0.1, 0.15) is 12.4 Å². The third kappa shape index (κ3) is 3.66. The average molecular weight is 376 g/mol. The lowest BCUT2D eigenvalue weighted by atomic mass is 10.2. The number of carbonyl (C=O) groups is 1. The van der Waals surface area contributed by atoms with Crippen molar-refractivity contribution in [3.05, 3.63) is 62.0 Å². The monoisotopic (exact) mass is 374 g/mol. The lowest BCUT2D eigenvalue weighted by Gasteiger charge is -2.09. The van der Waals surface area contributed by atoms with Crippen molar-refractivity contribution in [2.24, 2.45) is 0 Å². The molecule has 0 aromatic heterocycles. The van der Waals surface area contributed by atoms with Gasteiger partial charge in [-0.3, -0.25) is 0 Å². The van der Waals surface area contributed by atoms with Crippen molar-refractivity contribution in [3.63, 3.8) is 0 Å². The van der Waals surface area contributed by atoms with E-state index in [1.807, 2.05) is 0 Å². The molecule has 1 N–H and O–H groups in total. The number of ether oxygens (including phenoxy) is 1. The highest BCUT2D eigenvalue weighted by molar-refractivity contribution is 9.10. The van der Waals surface area contributed by atoms with E-state index >= 15 is 0 Å². The van der Waals surface area contributed by atoms with Crippen molar-refractivity contribution in [2.45, 2.75) is 6.61 Å². The summed E-state index contributed by atoms with van der Waals surface area (Å²) in [5.74, 6) is -0.579. The highest BCUT2D eigenvalue weighted by atomic mass is 79.9. The quantitative estimate of drug-likeness (QED) is 0.814. The second-order valence-electron chi connectivity index (χ2n) is 3.97. The molecule has 2 rings (SSSR count). The van der Waals surface area contributed by atoms with E-state index in [4.69, 9.17) is 33.0 Å². The molecule has 20 heavy (non-hydrogen) atoms. The van der Waals surface area contributed by atoms with Crippen molar-refractivity contribution in [1.82, 2.24) is 0 Å². The van der Waals surface area contributed by atoms with E-state index in [0.29, 0.717) is 20.3 Å². The Morgan fingerprint density at radius 1 is 1.20 bits per heavy atom. The Balaban J connectivity index is 2.17. The van der Waals surface area contributed by atoms with Crippen LogP contribution < -0.4 is 4.74 Å². The second kappa shape index (κ2) is 6.48. The Morgan fingerprint density at radius 3 is 2.65 bits per heavy atom. The predicted molar refractivity (Wildman–Crippen MR) is 81.9 cm³/mol. The summed E-state index contributed by atoms with van der Waals surface area (Å²) < 4.78 is 6.04. The van der Waals surface area contributed by atoms with Crippen LogP contribution in [-0.2, 0) is 6.61 Å². The first-order valence-corrected chi connectivity index (χ1v) is 7.12. The first-order valence-electron chi connectivity index (χ1n) is 5.57. The number of benzene rings is 2. The molecule has 0 amide bonds. The summed E-state index contributed by atoms with van der Waals surface area (Å²) in [5, 5.41) is 10.1. The van der Waals surface area contributed by atoms with Gasteiger partial charge in [-0.05, 0) is 52.3 Å². The van der Waals surface area contributed by atoms with E-state index in [0.717, 1.165) is 5.56 Å². The number of aromatic carboxylic acids is 1.